The molecule has 1 aliphatic carbocycles. The molecule has 2 aliphatic rings. The number of nitrogens with one attached hydrogen (secondary N) is 1. The lowest BCUT2D eigenvalue weighted by atomic mass is 10.0. The van der Waals surface area contributed by atoms with Gasteiger partial charge in [-0.3, -0.25) is 4.79 Å². The van der Waals surface area contributed by atoms with E-state index in [1.165, 1.54) is 0 Å². The number of nitrogens with zero attached hydrogens (tertiary/aromatic N) is 1. The third-order valence-electron chi connectivity index (χ3n) is 5.68. The first-order valence-electron chi connectivity index (χ1n) is 7.52. The average molecular weight is 314 g/mol. The highest BCUT2D eigenvalue weighted by molar-refractivity contribution is 7.99. The maximum atomic E-state index is 12.4. The van der Waals surface area contributed by atoms with Crippen molar-refractivity contribution in [2.24, 2.45) is 16.7 Å². The van der Waals surface area contributed by atoms with Crippen LogP contribution in [-0.2, 0) is 4.79 Å². The summed E-state index contributed by atoms with van der Waals surface area (Å²) in [4.78, 5) is 25.0. The second-order valence-corrected chi connectivity index (χ2v) is 8.35. The molecule has 2 N–H and O–H groups in total. The number of rotatable bonds is 4. The SMILES string of the molecule is CC1(C)C(CNC(=O)N2CCSCC2CC(=O)O)C1(C)C. The number of carboxylic acids is 1. The molecule has 2 rings (SSSR count). The zero-order chi connectivity index (χ0) is 15.8. The van der Waals surface area contributed by atoms with Crippen molar-refractivity contribution in [2.75, 3.05) is 24.6 Å². The number of carbonyl (C=O) groups excluding carboxylic acids is 1. The van der Waals surface area contributed by atoms with Crippen molar-refractivity contribution in [1.29, 1.82) is 0 Å². The maximum Gasteiger partial charge on any atom is 0.317 e. The van der Waals surface area contributed by atoms with Gasteiger partial charge in [0.05, 0.1) is 12.5 Å². The van der Waals surface area contributed by atoms with Crippen LogP contribution in [0.2, 0.25) is 0 Å². The summed E-state index contributed by atoms with van der Waals surface area (Å²) in [5.41, 5.74) is 0.497. The Balaban J connectivity index is 1.88. The molecule has 6 heteroatoms. The van der Waals surface area contributed by atoms with E-state index < -0.39 is 5.97 Å². The van der Waals surface area contributed by atoms with E-state index in [-0.39, 0.29) is 29.3 Å². The van der Waals surface area contributed by atoms with Crippen LogP contribution < -0.4 is 5.32 Å². The molecular weight excluding hydrogens is 288 g/mol. The molecule has 2 amide bonds. The molecular formula is C15H26N2O3S. The van der Waals surface area contributed by atoms with Crippen LogP contribution in [0.5, 0.6) is 0 Å². The molecule has 2 fully saturated rings. The second kappa shape index (κ2) is 5.71. The number of thioether (sulfide) groups is 1. The van der Waals surface area contributed by atoms with Gasteiger partial charge in [-0.05, 0) is 16.7 Å². The number of hydrogen-bond acceptors (Lipinski definition) is 3. The van der Waals surface area contributed by atoms with Crippen LogP contribution in [0.3, 0.4) is 0 Å². The van der Waals surface area contributed by atoms with Crippen molar-refractivity contribution in [3.05, 3.63) is 0 Å². The van der Waals surface area contributed by atoms with E-state index in [9.17, 15) is 9.59 Å². The van der Waals surface area contributed by atoms with Crippen molar-refractivity contribution in [3.63, 3.8) is 0 Å². The predicted octanol–water partition coefficient (Wildman–Crippen LogP) is 2.27. The first-order valence-corrected chi connectivity index (χ1v) is 8.67. The fourth-order valence-electron chi connectivity index (χ4n) is 3.43. The molecule has 120 valence electrons. The zero-order valence-electron chi connectivity index (χ0n) is 13.3. The summed E-state index contributed by atoms with van der Waals surface area (Å²) < 4.78 is 0. The fraction of sp³-hybridized carbons (Fsp3) is 0.867. The zero-order valence-corrected chi connectivity index (χ0v) is 14.1. The van der Waals surface area contributed by atoms with Gasteiger partial charge in [0.15, 0.2) is 0 Å². The lowest BCUT2D eigenvalue weighted by molar-refractivity contribution is -0.137. The van der Waals surface area contributed by atoms with Gasteiger partial charge in [-0.1, -0.05) is 27.7 Å². The minimum Gasteiger partial charge on any atom is -0.481 e. The number of carbonyl (C=O) groups is 2. The number of amides is 2. The number of urea groups is 1. The van der Waals surface area contributed by atoms with Crippen LogP contribution in [0.15, 0.2) is 0 Å². The molecule has 0 radical (unpaired) electrons. The Morgan fingerprint density at radius 2 is 1.90 bits per heavy atom. The highest BCUT2D eigenvalue weighted by atomic mass is 32.2. The fourth-order valence-corrected chi connectivity index (χ4v) is 4.49. The predicted molar refractivity (Wildman–Crippen MR) is 84.5 cm³/mol. The van der Waals surface area contributed by atoms with Crippen molar-refractivity contribution in [3.8, 4) is 0 Å². The molecule has 5 nitrogen and oxygen atoms in total. The van der Waals surface area contributed by atoms with Gasteiger partial charge in [-0.15, -0.1) is 0 Å². The van der Waals surface area contributed by atoms with Gasteiger partial charge in [-0.25, -0.2) is 4.79 Å². The minimum absolute atomic E-state index is 0.0286. The molecule has 1 saturated heterocycles. The number of aliphatic carboxylic acids is 1. The standard InChI is InChI=1S/C15H26N2O3S/c1-14(2)11(15(14,3)4)8-16-13(20)17-5-6-21-9-10(17)7-12(18)19/h10-11H,5-9H2,1-4H3,(H,16,20)(H,18,19). The van der Waals surface area contributed by atoms with Gasteiger partial charge in [0.2, 0.25) is 0 Å². The third-order valence-corrected chi connectivity index (χ3v) is 6.77. The van der Waals surface area contributed by atoms with Crippen LogP contribution in [0.1, 0.15) is 34.1 Å². The van der Waals surface area contributed by atoms with Gasteiger partial charge in [0, 0.05) is 24.6 Å². The summed E-state index contributed by atoms with van der Waals surface area (Å²) in [6.45, 7) is 10.2. The minimum atomic E-state index is -0.843. The van der Waals surface area contributed by atoms with E-state index in [0.29, 0.717) is 24.8 Å². The summed E-state index contributed by atoms with van der Waals surface area (Å²) >= 11 is 1.72. The van der Waals surface area contributed by atoms with Crippen LogP contribution >= 0.6 is 11.8 Å². The van der Waals surface area contributed by atoms with Crippen molar-refractivity contribution in [2.45, 2.75) is 40.2 Å². The van der Waals surface area contributed by atoms with Gasteiger partial charge in [0.25, 0.3) is 0 Å². The summed E-state index contributed by atoms with van der Waals surface area (Å²) in [6.07, 6.45) is 0.0286. The Bertz CT molecular complexity index is 423. The monoisotopic (exact) mass is 314 g/mol. The highest BCUT2D eigenvalue weighted by Gasteiger charge is 2.64. The van der Waals surface area contributed by atoms with Crippen molar-refractivity contribution >= 4 is 23.8 Å². The van der Waals surface area contributed by atoms with Crippen LogP contribution in [0.25, 0.3) is 0 Å². The highest BCUT2D eigenvalue weighted by Crippen LogP contribution is 2.67. The summed E-state index contributed by atoms with van der Waals surface area (Å²) in [6, 6.07) is -0.304. The van der Waals surface area contributed by atoms with E-state index in [1.807, 2.05) is 0 Å². The Morgan fingerprint density at radius 1 is 1.29 bits per heavy atom. The largest absolute Gasteiger partial charge is 0.481 e. The van der Waals surface area contributed by atoms with Crippen molar-refractivity contribution in [1.82, 2.24) is 10.2 Å². The Labute approximate surface area is 130 Å². The molecule has 0 aromatic carbocycles. The number of hydrogen-bond donors (Lipinski definition) is 2. The van der Waals surface area contributed by atoms with Gasteiger partial charge in [-0.2, -0.15) is 11.8 Å². The molecule has 1 saturated carbocycles. The Morgan fingerprint density at radius 3 is 2.43 bits per heavy atom. The van der Waals surface area contributed by atoms with E-state index in [4.69, 9.17) is 5.11 Å². The molecule has 1 unspecified atom stereocenters. The quantitative estimate of drug-likeness (QED) is 0.835. The van der Waals surface area contributed by atoms with Crippen LogP contribution in [0, 0.1) is 16.7 Å². The Kier molecular flexibility index (Phi) is 4.47. The van der Waals surface area contributed by atoms with Gasteiger partial charge >= 0.3 is 12.0 Å². The van der Waals surface area contributed by atoms with E-state index >= 15 is 0 Å². The molecule has 1 aliphatic heterocycles. The molecule has 1 heterocycles. The Hall–Kier alpha value is -0.910. The number of carboxylic acid groups (broad SMARTS) is 1. The lowest BCUT2D eigenvalue weighted by Crippen LogP contribution is -2.51. The van der Waals surface area contributed by atoms with Crippen molar-refractivity contribution < 1.29 is 14.7 Å². The summed E-state index contributed by atoms with van der Waals surface area (Å²) in [5, 5.41) is 12.0. The topological polar surface area (TPSA) is 69.6 Å². The van der Waals surface area contributed by atoms with Gasteiger partial charge < -0.3 is 15.3 Å². The molecule has 0 spiro atoms. The molecule has 0 bridgehead atoms. The maximum absolute atomic E-state index is 12.4. The van der Waals surface area contributed by atoms with E-state index in [0.717, 1.165) is 5.75 Å². The molecule has 0 aromatic heterocycles. The second-order valence-electron chi connectivity index (χ2n) is 7.20. The third kappa shape index (κ3) is 3.15. The summed E-state index contributed by atoms with van der Waals surface area (Å²) in [5.74, 6) is 1.22. The molecule has 1 atom stereocenters. The normalized spacial score (nSPS) is 27.2. The van der Waals surface area contributed by atoms with E-state index in [1.54, 1.807) is 16.7 Å². The van der Waals surface area contributed by atoms with Gasteiger partial charge in [0.1, 0.15) is 0 Å². The average Bonchev–Trinajstić information content (AvgIpc) is 2.76. The van der Waals surface area contributed by atoms with E-state index in [2.05, 4.69) is 33.0 Å². The van der Waals surface area contributed by atoms with Crippen LogP contribution in [0.4, 0.5) is 4.79 Å². The lowest BCUT2D eigenvalue weighted by Gasteiger charge is -2.34. The summed E-state index contributed by atoms with van der Waals surface area (Å²) in [7, 11) is 0. The smallest absolute Gasteiger partial charge is 0.317 e. The molecule has 21 heavy (non-hydrogen) atoms. The molecule has 0 aromatic rings. The first-order chi connectivity index (χ1) is 9.68. The first kappa shape index (κ1) is 16.5. The van der Waals surface area contributed by atoms with Crippen LogP contribution in [-0.4, -0.2) is 52.6 Å².